The molecule has 1 heterocycles. The molecule has 1 fully saturated rings. The van der Waals surface area contributed by atoms with Crippen LogP contribution in [0.4, 0.5) is 13.6 Å². The molecule has 1 aliphatic heterocycles. The normalized spacial score (nSPS) is 22.4. The fourth-order valence-electron chi connectivity index (χ4n) is 2.80. The van der Waals surface area contributed by atoms with Crippen LogP contribution in [-0.2, 0) is 4.74 Å². The van der Waals surface area contributed by atoms with E-state index < -0.39 is 35.8 Å². The first-order valence-electron chi connectivity index (χ1n) is 7.85. The van der Waals surface area contributed by atoms with Gasteiger partial charge in [-0.1, -0.05) is 6.07 Å². The lowest BCUT2D eigenvalue weighted by Crippen LogP contribution is -2.44. The zero-order valence-corrected chi connectivity index (χ0v) is 14.4. The van der Waals surface area contributed by atoms with Crippen LogP contribution < -0.4 is 10.5 Å². The zero-order chi connectivity index (χ0) is 18.1. The molecule has 1 aromatic carbocycles. The van der Waals surface area contributed by atoms with Gasteiger partial charge in [0, 0.05) is 6.42 Å². The molecule has 1 amide bonds. The number of rotatable bonds is 3. The number of carbonyl (C=O) groups excluding carboxylic acids is 1. The van der Waals surface area contributed by atoms with Gasteiger partial charge in [-0.2, -0.15) is 0 Å². The van der Waals surface area contributed by atoms with Crippen LogP contribution in [0.1, 0.15) is 38.8 Å². The topological polar surface area (TPSA) is 64.8 Å². The molecule has 24 heavy (non-hydrogen) atoms. The number of nitrogens with zero attached hydrogens (tertiary/aromatic N) is 1. The second-order valence-electron chi connectivity index (χ2n) is 6.95. The Morgan fingerprint density at radius 3 is 2.62 bits per heavy atom. The van der Waals surface area contributed by atoms with E-state index >= 15 is 0 Å². The van der Waals surface area contributed by atoms with E-state index in [0.717, 1.165) is 0 Å². The number of ether oxygens (including phenoxy) is 2. The van der Waals surface area contributed by atoms with Crippen LogP contribution in [0.3, 0.4) is 0 Å². The highest BCUT2D eigenvalue weighted by Crippen LogP contribution is 2.32. The van der Waals surface area contributed by atoms with Crippen molar-refractivity contribution in [2.75, 3.05) is 13.7 Å². The molecule has 7 heteroatoms. The van der Waals surface area contributed by atoms with E-state index in [9.17, 15) is 13.6 Å². The smallest absolute Gasteiger partial charge is 0.410 e. The molecule has 0 spiro atoms. The first-order chi connectivity index (χ1) is 11.1. The van der Waals surface area contributed by atoms with Crippen molar-refractivity contribution in [1.82, 2.24) is 4.90 Å². The molecular formula is C17H24F2N2O3. The highest BCUT2D eigenvalue weighted by Gasteiger charge is 2.41. The van der Waals surface area contributed by atoms with Gasteiger partial charge >= 0.3 is 6.09 Å². The highest BCUT2D eigenvalue weighted by molar-refractivity contribution is 5.69. The maximum atomic E-state index is 13.9. The summed E-state index contributed by atoms with van der Waals surface area (Å²) in [6.45, 7) is 5.14. The molecule has 1 aromatic rings. The van der Waals surface area contributed by atoms with E-state index in [1.165, 1.54) is 24.1 Å². The third-order valence-electron chi connectivity index (χ3n) is 3.90. The number of likely N-dealkylation sites (tertiary alicyclic amines) is 1. The van der Waals surface area contributed by atoms with Crippen molar-refractivity contribution in [3.8, 4) is 5.75 Å². The number of hydrogen-bond acceptors (Lipinski definition) is 4. The summed E-state index contributed by atoms with van der Waals surface area (Å²) in [5.74, 6) is -0.450. The second-order valence-corrected chi connectivity index (χ2v) is 6.95. The Kier molecular flexibility index (Phi) is 5.32. The van der Waals surface area contributed by atoms with Gasteiger partial charge in [-0.05, 0) is 38.5 Å². The zero-order valence-electron chi connectivity index (χ0n) is 14.4. The number of carbonyl (C=O) groups is 1. The number of amides is 1. The summed E-state index contributed by atoms with van der Waals surface area (Å²) in [7, 11) is 1.37. The van der Waals surface area contributed by atoms with Gasteiger partial charge in [0.2, 0.25) is 0 Å². The van der Waals surface area contributed by atoms with Crippen LogP contribution in [0.25, 0.3) is 0 Å². The van der Waals surface area contributed by atoms with E-state index in [0.29, 0.717) is 5.56 Å². The Bertz CT molecular complexity index is 604. The molecular weight excluding hydrogens is 318 g/mol. The summed E-state index contributed by atoms with van der Waals surface area (Å²) in [5.41, 5.74) is 5.98. The van der Waals surface area contributed by atoms with Gasteiger partial charge in [-0.3, -0.25) is 0 Å². The third-order valence-corrected chi connectivity index (χ3v) is 3.90. The quantitative estimate of drug-likeness (QED) is 0.916. The van der Waals surface area contributed by atoms with Gasteiger partial charge in [0.05, 0.1) is 25.7 Å². The maximum absolute atomic E-state index is 13.9. The van der Waals surface area contributed by atoms with Crippen molar-refractivity contribution in [3.63, 3.8) is 0 Å². The van der Waals surface area contributed by atoms with Gasteiger partial charge in [0.25, 0.3) is 0 Å². The molecule has 1 aliphatic rings. The summed E-state index contributed by atoms with van der Waals surface area (Å²) in [4.78, 5) is 13.6. The number of benzene rings is 1. The van der Waals surface area contributed by atoms with Crippen LogP contribution >= 0.6 is 0 Å². The van der Waals surface area contributed by atoms with Crippen molar-refractivity contribution in [1.29, 1.82) is 0 Å². The average Bonchev–Trinajstić information content (AvgIpc) is 2.86. The van der Waals surface area contributed by atoms with Crippen LogP contribution in [0.5, 0.6) is 5.75 Å². The Balaban J connectivity index is 2.21. The molecule has 1 saturated heterocycles. The molecule has 2 N–H and O–H groups in total. The van der Waals surface area contributed by atoms with Crippen molar-refractivity contribution in [3.05, 3.63) is 29.6 Å². The lowest BCUT2D eigenvalue weighted by molar-refractivity contribution is 0.0199. The van der Waals surface area contributed by atoms with E-state index in [-0.39, 0.29) is 18.7 Å². The predicted molar refractivity (Wildman–Crippen MR) is 86.1 cm³/mol. The Hall–Kier alpha value is -1.89. The van der Waals surface area contributed by atoms with E-state index in [4.69, 9.17) is 15.2 Å². The minimum Gasteiger partial charge on any atom is -0.494 e. The van der Waals surface area contributed by atoms with Gasteiger partial charge < -0.3 is 20.1 Å². The Morgan fingerprint density at radius 1 is 1.42 bits per heavy atom. The molecule has 134 valence electrons. The molecule has 0 unspecified atom stereocenters. The molecule has 5 nitrogen and oxygen atoms in total. The summed E-state index contributed by atoms with van der Waals surface area (Å²) >= 11 is 0. The first-order valence-corrected chi connectivity index (χ1v) is 7.85. The summed E-state index contributed by atoms with van der Waals surface area (Å²) in [6, 6.07) is 3.01. The largest absolute Gasteiger partial charge is 0.494 e. The standard InChI is InChI=1S/C17H24F2N2O3/c1-17(2,3)24-16(22)21-9-11(18)8-13(21)15(20)10-5-6-14(23-4)12(19)7-10/h5-7,11,13,15H,8-9,20H2,1-4H3/t11-,13+,15-/m0/s1. The molecule has 0 saturated carbocycles. The molecule has 0 bridgehead atoms. The third kappa shape index (κ3) is 4.14. The summed E-state index contributed by atoms with van der Waals surface area (Å²) in [6.07, 6.45) is -1.71. The van der Waals surface area contributed by atoms with E-state index in [1.54, 1.807) is 26.8 Å². The van der Waals surface area contributed by atoms with Gasteiger partial charge in [0.1, 0.15) is 11.8 Å². The predicted octanol–water partition coefficient (Wildman–Crippen LogP) is 3.18. The second kappa shape index (κ2) is 6.93. The lowest BCUT2D eigenvalue weighted by atomic mass is 9.98. The summed E-state index contributed by atoms with van der Waals surface area (Å²) < 4.78 is 38.0. The van der Waals surface area contributed by atoms with Crippen molar-refractivity contribution in [2.24, 2.45) is 5.73 Å². The number of hydrogen-bond donors (Lipinski definition) is 1. The molecule has 0 radical (unpaired) electrons. The van der Waals surface area contributed by atoms with Gasteiger partial charge in [-0.25, -0.2) is 13.6 Å². The monoisotopic (exact) mass is 342 g/mol. The minimum absolute atomic E-state index is 0.0775. The molecule has 2 rings (SSSR count). The number of methoxy groups -OCH3 is 1. The Labute approximate surface area is 140 Å². The van der Waals surface area contributed by atoms with Crippen LogP contribution in [0, 0.1) is 5.82 Å². The van der Waals surface area contributed by atoms with Crippen LogP contribution in [0.2, 0.25) is 0 Å². The van der Waals surface area contributed by atoms with Crippen molar-refractivity contribution < 1.29 is 23.0 Å². The fraction of sp³-hybridized carbons (Fsp3) is 0.588. The SMILES string of the molecule is COc1ccc([C@H](N)[C@H]2C[C@H](F)CN2C(=O)OC(C)(C)C)cc1F. The van der Waals surface area contributed by atoms with Crippen LogP contribution in [0.15, 0.2) is 18.2 Å². The lowest BCUT2D eigenvalue weighted by Gasteiger charge is -2.31. The van der Waals surface area contributed by atoms with Crippen molar-refractivity contribution in [2.45, 2.75) is 51.0 Å². The molecule has 3 atom stereocenters. The minimum atomic E-state index is -1.18. The van der Waals surface area contributed by atoms with Crippen LogP contribution in [-0.4, -0.2) is 42.5 Å². The van der Waals surface area contributed by atoms with Gasteiger partial charge in [-0.15, -0.1) is 0 Å². The number of alkyl halides is 1. The summed E-state index contributed by atoms with van der Waals surface area (Å²) in [5, 5.41) is 0. The first kappa shape index (κ1) is 18.4. The maximum Gasteiger partial charge on any atom is 0.410 e. The number of halogens is 2. The average molecular weight is 342 g/mol. The molecule has 0 aliphatic carbocycles. The van der Waals surface area contributed by atoms with E-state index in [2.05, 4.69) is 0 Å². The number of nitrogens with two attached hydrogens (primary N) is 1. The van der Waals surface area contributed by atoms with Gasteiger partial charge in [0.15, 0.2) is 11.6 Å². The fourth-order valence-corrected chi connectivity index (χ4v) is 2.80. The van der Waals surface area contributed by atoms with E-state index in [1.807, 2.05) is 0 Å². The highest BCUT2D eigenvalue weighted by atomic mass is 19.1. The Morgan fingerprint density at radius 2 is 2.08 bits per heavy atom. The van der Waals surface area contributed by atoms with Crippen molar-refractivity contribution >= 4 is 6.09 Å². The molecule has 0 aromatic heterocycles.